The number of aliphatic hydroxyl groups excluding tert-OH is 1. The van der Waals surface area contributed by atoms with E-state index in [1.165, 1.54) is 0 Å². The van der Waals surface area contributed by atoms with Crippen LogP contribution in [0.5, 0.6) is 0 Å². The van der Waals surface area contributed by atoms with Crippen LogP contribution in [0.25, 0.3) is 0 Å². The third kappa shape index (κ3) is 2.86. The van der Waals surface area contributed by atoms with E-state index in [0.717, 1.165) is 12.8 Å². The number of carbonyl (C=O) groups excluding carboxylic acids is 1. The first-order chi connectivity index (χ1) is 8.00. The van der Waals surface area contributed by atoms with Crippen molar-refractivity contribution in [2.45, 2.75) is 38.3 Å². The van der Waals surface area contributed by atoms with Crippen LogP contribution in [0.15, 0.2) is 30.3 Å². The molecule has 0 bridgehead atoms. The van der Waals surface area contributed by atoms with Crippen molar-refractivity contribution in [3.05, 3.63) is 35.9 Å². The molecule has 0 spiro atoms. The Bertz CT molecular complexity index is 396. The molecule has 17 heavy (non-hydrogen) atoms. The molecule has 1 saturated carbocycles. The van der Waals surface area contributed by atoms with Gasteiger partial charge in [-0.25, -0.2) is 0 Å². The molecule has 3 heteroatoms. The maximum absolute atomic E-state index is 11.9. The Morgan fingerprint density at radius 1 is 1.35 bits per heavy atom. The fourth-order valence-electron chi connectivity index (χ4n) is 2.08. The molecule has 0 radical (unpaired) electrons. The highest BCUT2D eigenvalue weighted by atomic mass is 16.3. The molecule has 1 aromatic carbocycles. The Morgan fingerprint density at radius 2 is 1.94 bits per heavy atom. The van der Waals surface area contributed by atoms with Crippen molar-refractivity contribution in [2.24, 2.45) is 5.92 Å². The molecule has 92 valence electrons. The molecule has 3 nitrogen and oxygen atoms in total. The number of hydrogen-bond donors (Lipinski definition) is 2. The second kappa shape index (κ2) is 4.49. The molecule has 1 aliphatic rings. The number of amides is 1. The smallest absolute Gasteiger partial charge is 0.253 e. The fraction of sp³-hybridized carbons (Fsp3) is 0.500. The number of rotatable bonds is 4. The van der Waals surface area contributed by atoms with Crippen molar-refractivity contribution in [2.75, 3.05) is 0 Å². The van der Waals surface area contributed by atoms with Crippen molar-refractivity contribution in [1.29, 1.82) is 0 Å². The SMILES string of the molecule is CC(C)(NC(=O)C(O)c1ccccc1)C1CC1. The number of carbonyl (C=O) groups is 1. The highest BCUT2D eigenvalue weighted by molar-refractivity contribution is 5.82. The fourth-order valence-corrected chi connectivity index (χ4v) is 2.08. The first-order valence-corrected chi connectivity index (χ1v) is 6.06. The number of hydrogen-bond acceptors (Lipinski definition) is 2. The summed E-state index contributed by atoms with van der Waals surface area (Å²) in [7, 11) is 0. The Labute approximate surface area is 102 Å². The average Bonchev–Trinajstić information content (AvgIpc) is 3.12. The largest absolute Gasteiger partial charge is 0.378 e. The van der Waals surface area contributed by atoms with Gasteiger partial charge in [-0.1, -0.05) is 30.3 Å². The summed E-state index contributed by atoms with van der Waals surface area (Å²) in [4.78, 5) is 11.9. The molecule has 1 unspecified atom stereocenters. The van der Waals surface area contributed by atoms with E-state index in [0.29, 0.717) is 11.5 Å². The van der Waals surface area contributed by atoms with Crippen LogP contribution in [0.4, 0.5) is 0 Å². The zero-order valence-electron chi connectivity index (χ0n) is 10.3. The lowest BCUT2D eigenvalue weighted by Gasteiger charge is -2.27. The maximum Gasteiger partial charge on any atom is 0.253 e. The van der Waals surface area contributed by atoms with Gasteiger partial charge in [-0.3, -0.25) is 4.79 Å². The number of benzene rings is 1. The van der Waals surface area contributed by atoms with Gasteiger partial charge in [0.15, 0.2) is 6.10 Å². The summed E-state index contributed by atoms with van der Waals surface area (Å²) in [6.07, 6.45) is 1.25. The molecule has 1 aliphatic carbocycles. The van der Waals surface area contributed by atoms with Gasteiger partial charge in [0.2, 0.25) is 0 Å². The third-order valence-electron chi connectivity index (χ3n) is 3.41. The summed E-state index contributed by atoms with van der Waals surface area (Å²) in [5.41, 5.74) is 0.420. The summed E-state index contributed by atoms with van der Waals surface area (Å²) < 4.78 is 0. The lowest BCUT2D eigenvalue weighted by Crippen LogP contribution is -2.47. The molecular formula is C14H19NO2. The first-order valence-electron chi connectivity index (χ1n) is 6.06. The van der Waals surface area contributed by atoms with Crippen LogP contribution in [0.2, 0.25) is 0 Å². The second-order valence-electron chi connectivity index (χ2n) is 5.30. The van der Waals surface area contributed by atoms with Gasteiger partial charge in [0, 0.05) is 5.54 Å². The number of nitrogens with one attached hydrogen (secondary N) is 1. The Balaban J connectivity index is 2.00. The zero-order valence-corrected chi connectivity index (χ0v) is 10.3. The number of aliphatic hydroxyl groups is 1. The van der Waals surface area contributed by atoms with E-state index in [9.17, 15) is 9.90 Å². The van der Waals surface area contributed by atoms with E-state index in [2.05, 4.69) is 5.32 Å². The van der Waals surface area contributed by atoms with Crippen LogP contribution in [0.3, 0.4) is 0 Å². The molecule has 1 atom stereocenters. The van der Waals surface area contributed by atoms with Crippen LogP contribution in [0, 0.1) is 5.92 Å². The highest BCUT2D eigenvalue weighted by Gasteiger charge is 2.39. The molecule has 0 aromatic heterocycles. The first kappa shape index (κ1) is 12.1. The van der Waals surface area contributed by atoms with Crippen LogP contribution >= 0.6 is 0 Å². The normalized spacial score (nSPS) is 17.6. The molecule has 1 aromatic rings. The van der Waals surface area contributed by atoms with Gasteiger partial charge in [-0.15, -0.1) is 0 Å². The third-order valence-corrected chi connectivity index (χ3v) is 3.41. The molecular weight excluding hydrogens is 214 g/mol. The van der Waals surface area contributed by atoms with Gasteiger partial charge in [0.1, 0.15) is 0 Å². The van der Waals surface area contributed by atoms with Crippen LogP contribution in [-0.2, 0) is 4.79 Å². The van der Waals surface area contributed by atoms with Gasteiger partial charge in [-0.05, 0) is 38.2 Å². The molecule has 1 amide bonds. The summed E-state index contributed by atoms with van der Waals surface area (Å²) in [6.45, 7) is 4.03. The predicted octanol–water partition coefficient (Wildman–Crippen LogP) is 2.02. The van der Waals surface area contributed by atoms with Gasteiger partial charge in [-0.2, -0.15) is 0 Å². The topological polar surface area (TPSA) is 49.3 Å². The van der Waals surface area contributed by atoms with Crippen molar-refractivity contribution in [1.82, 2.24) is 5.32 Å². The van der Waals surface area contributed by atoms with Crippen LogP contribution < -0.4 is 5.32 Å². The lowest BCUT2D eigenvalue weighted by atomic mass is 9.97. The van der Waals surface area contributed by atoms with Crippen molar-refractivity contribution in [3.63, 3.8) is 0 Å². The van der Waals surface area contributed by atoms with Crippen LogP contribution in [-0.4, -0.2) is 16.6 Å². The molecule has 2 rings (SSSR count). The van der Waals surface area contributed by atoms with E-state index >= 15 is 0 Å². The minimum atomic E-state index is -1.07. The van der Waals surface area contributed by atoms with E-state index < -0.39 is 6.10 Å². The lowest BCUT2D eigenvalue weighted by molar-refractivity contribution is -0.131. The highest BCUT2D eigenvalue weighted by Crippen LogP contribution is 2.39. The Kier molecular flexibility index (Phi) is 3.20. The summed E-state index contributed by atoms with van der Waals surface area (Å²) >= 11 is 0. The molecule has 0 heterocycles. The van der Waals surface area contributed by atoms with Crippen molar-refractivity contribution in [3.8, 4) is 0 Å². The summed E-state index contributed by atoms with van der Waals surface area (Å²) in [5, 5.41) is 12.9. The van der Waals surface area contributed by atoms with Crippen molar-refractivity contribution >= 4 is 5.91 Å². The van der Waals surface area contributed by atoms with E-state index in [1.807, 2.05) is 32.0 Å². The van der Waals surface area contributed by atoms with Gasteiger partial charge in [0.05, 0.1) is 0 Å². The molecule has 0 saturated heterocycles. The molecule has 0 aliphatic heterocycles. The minimum absolute atomic E-state index is 0.215. The molecule has 2 N–H and O–H groups in total. The zero-order chi connectivity index (χ0) is 12.5. The standard InChI is InChI=1S/C14H19NO2/c1-14(2,11-8-9-11)15-13(17)12(16)10-6-4-3-5-7-10/h3-7,11-12,16H,8-9H2,1-2H3,(H,15,17). The summed E-state index contributed by atoms with van der Waals surface area (Å²) in [6, 6.07) is 9.01. The Hall–Kier alpha value is -1.35. The summed E-state index contributed by atoms with van der Waals surface area (Å²) in [5.74, 6) is 0.238. The minimum Gasteiger partial charge on any atom is -0.378 e. The maximum atomic E-state index is 11.9. The molecule has 1 fully saturated rings. The van der Waals surface area contributed by atoms with Crippen molar-refractivity contribution < 1.29 is 9.90 Å². The van der Waals surface area contributed by atoms with E-state index in [-0.39, 0.29) is 11.4 Å². The average molecular weight is 233 g/mol. The quantitative estimate of drug-likeness (QED) is 0.836. The van der Waals surface area contributed by atoms with E-state index in [1.54, 1.807) is 12.1 Å². The predicted molar refractivity (Wildman–Crippen MR) is 66.3 cm³/mol. The van der Waals surface area contributed by atoms with Gasteiger partial charge < -0.3 is 10.4 Å². The second-order valence-corrected chi connectivity index (χ2v) is 5.30. The van der Waals surface area contributed by atoms with E-state index in [4.69, 9.17) is 0 Å². The Morgan fingerprint density at radius 3 is 2.47 bits per heavy atom. The van der Waals surface area contributed by atoms with Crippen LogP contribution in [0.1, 0.15) is 38.4 Å². The van der Waals surface area contributed by atoms with Gasteiger partial charge >= 0.3 is 0 Å². The monoisotopic (exact) mass is 233 g/mol. The van der Waals surface area contributed by atoms with Gasteiger partial charge in [0.25, 0.3) is 5.91 Å².